The minimum absolute atomic E-state index is 0.198. The quantitative estimate of drug-likeness (QED) is 0.770. The molecule has 4 heteroatoms. The van der Waals surface area contributed by atoms with Gasteiger partial charge in [-0.3, -0.25) is 0 Å². The van der Waals surface area contributed by atoms with Crippen LogP contribution in [0, 0.1) is 17.6 Å². The number of halogens is 2. The molecule has 19 heavy (non-hydrogen) atoms. The Hall–Kier alpha value is -1.68. The smallest absolute Gasteiger partial charge is 0.168 e. The zero-order valence-electron chi connectivity index (χ0n) is 10.6. The Balaban J connectivity index is 2.08. The third-order valence-corrected chi connectivity index (χ3v) is 4.15. The molecule has 0 spiro atoms. The van der Waals surface area contributed by atoms with Gasteiger partial charge in [-0.1, -0.05) is 13.0 Å². The highest BCUT2D eigenvalue weighted by Gasteiger charge is 2.30. The molecule has 0 saturated heterocycles. The molecular weight excluding hydrogens is 246 g/mol. The number of fused-ring (bicyclic) bond motifs is 2. The van der Waals surface area contributed by atoms with E-state index in [-0.39, 0.29) is 6.04 Å². The highest BCUT2D eigenvalue weighted by Crippen LogP contribution is 2.37. The topological polar surface area (TPSA) is 17.0 Å². The van der Waals surface area contributed by atoms with E-state index in [1.807, 2.05) is 10.8 Å². The van der Waals surface area contributed by atoms with Gasteiger partial charge in [0.15, 0.2) is 11.6 Å². The lowest BCUT2D eigenvalue weighted by Crippen LogP contribution is -2.42. The van der Waals surface area contributed by atoms with Gasteiger partial charge in [-0.2, -0.15) is 0 Å². The Morgan fingerprint density at radius 3 is 3.05 bits per heavy atom. The Morgan fingerprint density at radius 1 is 1.37 bits per heavy atom. The van der Waals surface area contributed by atoms with Gasteiger partial charge in [-0.25, -0.2) is 8.78 Å². The summed E-state index contributed by atoms with van der Waals surface area (Å²) in [5.74, 6) is -1.09. The predicted octanol–water partition coefficient (Wildman–Crippen LogP) is 2.92. The monoisotopic (exact) mass is 260 g/mol. The highest BCUT2D eigenvalue weighted by molar-refractivity contribution is 5.95. The zero-order valence-corrected chi connectivity index (χ0v) is 10.6. The summed E-state index contributed by atoms with van der Waals surface area (Å²) >= 11 is 0. The first-order valence-electron chi connectivity index (χ1n) is 6.57. The third kappa shape index (κ3) is 1.43. The second kappa shape index (κ2) is 3.67. The lowest BCUT2D eigenvalue weighted by atomic mass is 9.87. The lowest BCUT2D eigenvalue weighted by Gasteiger charge is -2.33. The Kier molecular flexibility index (Phi) is 2.16. The van der Waals surface area contributed by atoms with Crippen LogP contribution in [0.25, 0.3) is 16.5 Å². The number of aromatic nitrogens is 1. The molecule has 2 nitrogen and oxygen atoms in total. The van der Waals surface area contributed by atoms with E-state index in [2.05, 4.69) is 18.3 Å². The Bertz CT molecular complexity index is 714. The molecule has 4 rings (SSSR count). The number of hydrogen-bond donors (Lipinski definition) is 1. The minimum Gasteiger partial charge on any atom is -0.345 e. The fourth-order valence-corrected chi connectivity index (χ4v) is 3.27. The van der Waals surface area contributed by atoms with Crippen molar-refractivity contribution in [3.8, 4) is 0 Å². The summed E-state index contributed by atoms with van der Waals surface area (Å²) in [5.41, 5.74) is 2.75. The van der Waals surface area contributed by atoms with E-state index in [4.69, 9.17) is 0 Å². The Labute approximate surface area is 109 Å². The molecule has 2 aromatic rings. The molecule has 2 unspecified atom stereocenters. The number of benzene rings is 1. The second-order valence-electron chi connectivity index (χ2n) is 5.51. The molecule has 0 radical (unpaired) electrons. The van der Waals surface area contributed by atoms with Crippen molar-refractivity contribution >= 4 is 16.5 Å². The summed E-state index contributed by atoms with van der Waals surface area (Å²) in [4.78, 5) is 0. The van der Waals surface area contributed by atoms with Gasteiger partial charge in [0.25, 0.3) is 0 Å². The highest BCUT2D eigenvalue weighted by atomic mass is 19.2. The van der Waals surface area contributed by atoms with Gasteiger partial charge in [0, 0.05) is 30.2 Å². The SMILES string of the molecule is CC1C=C2c3cc(F)c(F)c4ccn(c34)CC2NC1. The summed E-state index contributed by atoms with van der Waals surface area (Å²) in [5, 5.41) is 3.86. The van der Waals surface area contributed by atoms with Gasteiger partial charge in [0.1, 0.15) is 0 Å². The molecule has 2 atom stereocenters. The second-order valence-corrected chi connectivity index (χ2v) is 5.51. The van der Waals surface area contributed by atoms with Crippen molar-refractivity contribution in [1.29, 1.82) is 0 Å². The van der Waals surface area contributed by atoms with Gasteiger partial charge in [-0.05, 0) is 23.6 Å². The van der Waals surface area contributed by atoms with Crippen LogP contribution in [0.3, 0.4) is 0 Å². The van der Waals surface area contributed by atoms with Crippen LogP contribution in [0.15, 0.2) is 24.4 Å². The van der Waals surface area contributed by atoms with Gasteiger partial charge in [0.05, 0.1) is 11.6 Å². The van der Waals surface area contributed by atoms with Crippen molar-refractivity contribution in [1.82, 2.24) is 9.88 Å². The van der Waals surface area contributed by atoms with Crippen LogP contribution < -0.4 is 5.32 Å². The maximum absolute atomic E-state index is 13.8. The van der Waals surface area contributed by atoms with Crippen molar-refractivity contribution in [2.45, 2.75) is 19.5 Å². The number of hydrogen-bond acceptors (Lipinski definition) is 1. The molecule has 0 saturated carbocycles. The molecular formula is C15H14F2N2. The normalized spacial score (nSPS) is 25.3. The molecule has 0 bridgehead atoms. The largest absolute Gasteiger partial charge is 0.345 e. The van der Waals surface area contributed by atoms with Crippen LogP contribution in [0.2, 0.25) is 0 Å². The van der Waals surface area contributed by atoms with E-state index >= 15 is 0 Å². The standard InChI is InChI=1S/C15H14F2N2/c1-8-4-10-11-5-12(16)14(17)9-2-3-19(15(9)11)7-13(10)18-6-8/h2-5,8,13,18H,6-7H2,1H3. The number of nitrogens with one attached hydrogen (secondary N) is 1. The molecule has 2 aliphatic heterocycles. The average molecular weight is 260 g/mol. The maximum Gasteiger partial charge on any atom is 0.168 e. The van der Waals surface area contributed by atoms with Crippen LogP contribution in [-0.4, -0.2) is 17.2 Å². The summed E-state index contributed by atoms with van der Waals surface area (Å²) in [7, 11) is 0. The Morgan fingerprint density at radius 2 is 2.21 bits per heavy atom. The van der Waals surface area contributed by atoms with E-state index in [1.54, 1.807) is 6.07 Å². The van der Waals surface area contributed by atoms with Crippen LogP contribution in [0.1, 0.15) is 12.5 Å². The van der Waals surface area contributed by atoms with Crippen LogP contribution >= 0.6 is 0 Å². The van der Waals surface area contributed by atoms with Crippen molar-refractivity contribution in [2.24, 2.45) is 5.92 Å². The summed E-state index contributed by atoms with van der Waals surface area (Å²) < 4.78 is 29.6. The first-order chi connectivity index (χ1) is 9.15. The average Bonchev–Trinajstić information content (AvgIpc) is 2.81. The fourth-order valence-electron chi connectivity index (χ4n) is 3.27. The molecule has 0 aliphatic carbocycles. The van der Waals surface area contributed by atoms with E-state index < -0.39 is 11.6 Å². The van der Waals surface area contributed by atoms with Gasteiger partial charge < -0.3 is 9.88 Å². The molecule has 1 aromatic carbocycles. The summed E-state index contributed by atoms with van der Waals surface area (Å²) in [6.07, 6.45) is 4.02. The van der Waals surface area contributed by atoms with Crippen LogP contribution in [-0.2, 0) is 6.54 Å². The van der Waals surface area contributed by atoms with Crippen molar-refractivity contribution in [2.75, 3.05) is 6.54 Å². The molecule has 98 valence electrons. The van der Waals surface area contributed by atoms with Crippen molar-refractivity contribution in [3.05, 3.63) is 41.6 Å². The van der Waals surface area contributed by atoms with Gasteiger partial charge in [0.2, 0.25) is 0 Å². The molecule has 1 N–H and O–H groups in total. The van der Waals surface area contributed by atoms with E-state index in [9.17, 15) is 8.78 Å². The predicted molar refractivity (Wildman–Crippen MR) is 70.8 cm³/mol. The lowest BCUT2D eigenvalue weighted by molar-refractivity contribution is 0.470. The van der Waals surface area contributed by atoms with E-state index in [1.165, 1.54) is 6.07 Å². The van der Waals surface area contributed by atoms with E-state index in [0.717, 1.165) is 29.7 Å². The first-order valence-corrected chi connectivity index (χ1v) is 6.57. The van der Waals surface area contributed by atoms with Crippen molar-refractivity contribution < 1.29 is 8.78 Å². The number of nitrogens with zero attached hydrogens (tertiary/aromatic N) is 1. The van der Waals surface area contributed by atoms with Crippen LogP contribution in [0.5, 0.6) is 0 Å². The molecule has 3 heterocycles. The maximum atomic E-state index is 13.8. The van der Waals surface area contributed by atoms with Gasteiger partial charge >= 0.3 is 0 Å². The molecule has 1 aromatic heterocycles. The fraction of sp³-hybridized carbons (Fsp3) is 0.333. The van der Waals surface area contributed by atoms with Gasteiger partial charge in [-0.15, -0.1) is 0 Å². The van der Waals surface area contributed by atoms with Crippen LogP contribution in [0.4, 0.5) is 8.78 Å². The summed E-state index contributed by atoms with van der Waals surface area (Å²) in [6.45, 7) is 3.83. The third-order valence-electron chi connectivity index (χ3n) is 4.15. The molecule has 0 fully saturated rings. The zero-order chi connectivity index (χ0) is 13.1. The first kappa shape index (κ1) is 11.2. The summed E-state index contributed by atoms with van der Waals surface area (Å²) in [6, 6.07) is 3.20. The van der Waals surface area contributed by atoms with Crippen molar-refractivity contribution in [3.63, 3.8) is 0 Å². The number of rotatable bonds is 0. The molecule has 2 aliphatic rings. The minimum atomic E-state index is -0.764. The van der Waals surface area contributed by atoms with E-state index in [0.29, 0.717) is 11.3 Å². The molecule has 0 amide bonds.